The Kier molecular flexibility index (Phi) is 13.0. The summed E-state index contributed by atoms with van der Waals surface area (Å²) in [6, 6.07) is 6.90. The van der Waals surface area contributed by atoms with Crippen LogP contribution in [0.4, 0.5) is 0 Å². The van der Waals surface area contributed by atoms with Gasteiger partial charge < -0.3 is 48.8 Å². The van der Waals surface area contributed by atoms with Gasteiger partial charge in [-0.3, -0.25) is 19.2 Å². The van der Waals surface area contributed by atoms with Gasteiger partial charge in [-0.2, -0.15) is 0 Å². The van der Waals surface area contributed by atoms with Crippen LogP contribution < -0.4 is 0 Å². The summed E-state index contributed by atoms with van der Waals surface area (Å²) in [5.74, 6) is 2.81. The number of ether oxygens (including phenoxy) is 6. The third-order valence-corrected chi connectivity index (χ3v) is 6.93. The van der Waals surface area contributed by atoms with Gasteiger partial charge in [0.25, 0.3) is 0 Å². The molecule has 4 N–H and O–H groups in total. The number of carbonyl (C=O) groups is 4. The van der Waals surface area contributed by atoms with Crippen molar-refractivity contribution in [3.63, 3.8) is 0 Å². The molecule has 45 heavy (non-hydrogen) atoms. The predicted molar refractivity (Wildman–Crippen MR) is 153 cm³/mol. The third kappa shape index (κ3) is 10.1. The minimum Gasteiger partial charge on any atom is -0.463 e. The van der Waals surface area contributed by atoms with E-state index < -0.39 is 91.5 Å². The maximum atomic E-state index is 12.0. The fraction of sp³-hybridized carbons (Fsp3) is 0.548. The molecule has 2 heterocycles. The van der Waals surface area contributed by atoms with Crippen LogP contribution in [0.5, 0.6) is 0 Å². The normalized spacial score (nSPS) is 31.3. The molecule has 14 heteroatoms. The first kappa shape index (κ1) is 35.6. The first-order valence-electron chi connectivity index (χ1n) is 14.2. The van der Waals surface area contributed by atoms with Gasteiger partial charge in [0, 0.05) is 33.3 Å². The van der Waals surface area contributed by atoms with E-state index in [1.54, 1.807) is 36.4 Å². The molecule has 2 saturated heterocycles. The predicted octanol–water partition coefficient (Wildman–Crippen LogP) is -0.591. The van der Waals surface area contributed by atoms with Crippen molar-refractivity contribution in [1.82, 2.24) is 0 Å². The van der Waals surface area contributed by atoms with Gasteiger partial charge in [-0.05, 0) is 24.1 Å². The average Bonchev–Trinajstić information content (AvgIpc) is 2.97. The Labute approximate surface area is 259 Å². The van der Waals surface area contributed by atoms with E-state index in [2.05, 4.69) is 11.8 Å². The minimum atomic E-state index is -1.52. The summed E-state index contributed by atoms with van der Waals surface area (Å²) < 4.78 is 32.9. The number of benzene rings is 1. The lowest BCUT2D eigenvalue weighted by Crippen LogP contribution is -2.62. The molecule has 0 unspecified atom stereocenters. The van der Waals surface area contributed by atoms with Crippen LogP contribution in [0.25, 0.3) is 6.08 Å². The molecule has 1 aromatic rings. The maximum absolute atomic E-state index is 12.0. The average molecular weight is 635 g/mol. The number of carbonyl (C=O) groups excluding carboxylic acids is 4. The van der Waals surface area contributed by atoms with Crippen LogP contribution in [-0.2, 0) is 47.6 Å². The van der Waals surface area contributed by atoms with E-state index in [9.17, 15) is 39.6 Å². The lowest BCUT2D eigenvalue weighted by Gasteiger charge is -2.44. The van der Waals surface area contributed by atoms with Gasteiger partial charge in [0.15, 0.2) is 18.3 Å². The lowest BCUT2D eigenvalue weighted by molar-refractivity contribution is -0.251. The molecular weight excluding hydrogens is 596 g/mol. The van der Waals surface area contributed by atoms with Gasteiger partial charge in [0.2, 0.25) is 0 Å². The molecule has 3 rings (SSSR count). The van der Waals surface area contributed by atoms with Crippen molar-refractivity contribution in [1.29, 1.82) is 0 Å². The summed E-state index contributed by atoms with van der Waals surface area (Å²) in [6.45, 7) is 3.80. The molecule has 0 radical (unpaired) electrons. The van der Waals surface area contributed by atoms with Crippen LogP contribution in [0.3, 0.4) is 0 Å². The van der Waals surface area contributed by atoms with Gasteiger partial charge in [-0.15, -0.1) is 0 Å². The molecule has 14 nitrogen and oxygen atoms in total. The van der Waals surface area contributed by atoms with Gasteiger partial charge in [-0.25, -0.2) is 0 Å². The van der Waals surface area contributed by atoms with Crippen molar-refractivity contribution in [2.45, 2.75) is 95.2 Å². The molecule has 1 aromatic carbocycles. The molecule has 2 aliphatic rings. The SMILES string of the molecule is CC(=O)OC[C@H]1O[C@H](C/C=C/c2ccc(C#C[C@H]3O[C@H](CO)[C@@H](O)[C@H](O)[C@H]3O)cc2)[C@@H](OC(C)=O)[C@H](OC(C)=O)[C@@H]1OC(C)=O. The zero-order valence-corrected chi connectivity index (χ0v) is 25.2. The molecule has 2 fully saturated rings. The van der Waals surface area contributed by atoms with E-state index in [-0.39, 0.29) is 13.0 Å². The quantitative estimate of drug-likeness (QED) is 0.152. The number of aliphatic hydroxyl groups is 4. The van der Waals surface area contributed by atoms with Gasteiger partial charge in [0.05, 0.1) is 6.61 Å². The van der Waals surface area contributed by atoms with E-state index in [0.717, 1.165) is 19.4 Å². The van der Waals surface area contributed by atoms with Crippen molar-refractivity contribution in [2.24, 2.45) is 0 Å². The Morgan fingerprint density at radius 1 is 0.756 bits per heavy atom. The molecule has 0 aliphatic carbocycles. The monoisotopic (exact) mass is 634 g/mol. The largest absolute Gasteiger partial charge is 0.463 e. The molecule has 0 saturated carbocycles. The van der Waals surface area contributed by atoms with Crippen LogP contribution in [0.2, 0.25) is 0 Å². The smallest absolute Gasteiger partial charge is 0.303 e. The van der Waals surface area contributed by atoms with Crippen LogP contribution in [-0.4, -0.2) is 119 Å². The molecule has 10 atom stereocenters. The van der Waals surface area contributed by atoms with Crippen molar-refractivity contribution >= 4 is 30.0 Å². The summed E-state index contributed by atoms with van der Waals surface area (Å²) in [7, 11) is 0. The second-order valence-electron chi connectivity index (χ2n) is 10.5. The number of hydrogen-bond donors (Lipinski definition) is 4. The number of aliphatic hydroxyl groups excluding tert-OH is 4. The Morgan fingerprint density at radius 2 is 1.33 bits per heavy atom. The van der Waals surface area contributed by atoms with Crippen molar-refractivity contribution < 1.29 is 68.0 Å². The molecule has 0 spiro atoms. The van der Waals surface area contributed by atoms with Gasteiger partial charge in [0.1, 0.15) is 49.3 Å². The first-order chi connectivity index (χ1) is 21.3. The molecule has 0 aromatic heterocycles. The Bertz CT molecular complexity index is 1280. The molecule has 0 bridgehead atoms. The molecule has 246 valence electrons. The fourth-order valence-electron chi connectivity index (χ4n) is 4.90. The standard InChI is InChI=1S/C31H38O14/c1-16(33)40-15-25-30(42-18(3)35)31(43-19(4)36)29(41-17(2)34)23(45-25)7-5-6-20-8-10-21(11-9-20)12-13-22-26(37)28(39)27(38)24(14-32)44-22/h5-6,8-11,22-32,37-39H,7,14-15H2,1-4H3/b6-5+/t22-,23-,24-,25-,26+,27-,28-,29-,30-,31+/m1/s1. The molecule has 0 amide bonds. The van der Waals surface area contributed by atoms with Gasteiger partial charge in [-0.1, -0.05) is 36.1 Å². The first-order valence-corrected chi connectivity index (χ1v) is 14.2. The second kappa shape index (κ2) is 16.5. The van der Waals surface area contributed by atoms with Crippen molar-refractivity contribution in [2.75, 3.05) is 13.2 Å². The van der Waals surface area contributed by atoms with E-state index in [0.29, 0.717) is 5.56 Å². The highest BCUT2D eigenvalue weighted by Gasteiger charge is 2.51. The number of esters is 4. The third-order valence-electron chi connectivity index (χ3n) is 6.93. The van der Waals surface area contributed by atoms with E-state index >= 15 is 0 Å². The van der Waals surface area contributed by atoms with E-state index in [4.69, 9.17) is 28.4 Å². The maximum Gasteiger partial charge on any atom is 0.303 e. The van der Waals surface area contributed by atoms with E-state index in [1.807, 2.05) is 0 Å². The van der Waals surface area contributed by atoms with Crippen molar-refractivity contribution in [3.8, 4) is 11.8 Å². The van der Waals surface area contributed by atoms with Gasteiger partial charge >= 0.3 is 23.9 Å². The number of rotatable bonds is 9. The minimum absolute atomic E-state index is 0.151. The van der Waals surface area contributed by atoms with E-state index in [1.165, 1.54) is 13.8 Å². The topological polar surface area (TPSA) is 205 Å². The Hall–Kier alpha value is -3.84. The van der Waals surface area contributed by atoms with Crippen LogP contribution >= 0.6 is 0 Å². The van der Waals surface area contributed by atoms with Crippen LogP contribution in [0, 0.1) is 11.8 Å². The highest BCUT2D eigenvalue weighted by Crippen LogP contribution is 2.31. The second-order valence-corrected chi connectivity index (χ2v) is 10.5. The fourth-order valence-corrected chi connectivity index (χ4v) is 4.90. The summed E-state index contributed by atoms with van der Waals surface area (Å²) in [4.78, 5) is 47.4. The van der Waals surface area contributed by atoms with Crippen molar-refractivity contribution in [3.05, 3.63) is 41.5 Å². The summed E-state index contributed by atoms with van der Waals surface area (Å²) in [5.41, 5.74) is 1.31. The zero-order valence-electron chi connectivity index (χ0n) is 25.2. The summed E-state index contributed by atoms with van der Waals surface area (Å²) in [6.07, 6.45) is -8.56. The number of hydrogen-bond acceptors (Lipinski definition) is 14. The lowest BCUT2D eigenvalue weighted by atomic mass is 9.92. The zero-order chi connectivity index (χ0) is 33.3. The Morgan fingerprint density at radius 3 is 1.89 bits per heavy atom. The molecule has 2 aliphatic heterocycles. The van der Waals surface area contributed by atoms with Crippen LogP contribution in [0.15, 0.2) is 30.3 Å². The summed E-state index contributed by atoms with van der Waals surface area (Å²) in [5, 5.41) is 39.3. The Balaban J connectivity index is 1.77. The van der Waals surface area contributed by atoms with Crippen LogP contribution in [0.1, 0.15) is 45.2 Å². The highest BCUT2D eigenvalue weighted by molar-refractivity contribution is 5.68. The summed E-state index contributed by atoms with van der Waals surface area (Å²) >= 11 is 0. The highest BCUT2D eigenvalue weighted by atomic mass is 16.7. The molecular formula is C31H38O14.